The van der Waals surface area contributed by atoms with E-state index in [1.807, 2.05) is 11.9 Å². The largest absolute Gasteiger partial charge is 0.341 e. The average Bonchev–Trinajstić information content (AvgIpc) is 2.26. The van der Waals surface area contributed by atoms with Gasteiger partial charge in [0.2, 0.25) is 5.91 Å². The predicted molar refractivity (Wildman–Crippen MR) is 66.1 cm³/mol. The van der Waals surface area contributed by atoms with Crippen molar-refractivity contribution in [1.82, 2.24) is 9.80 Å². The molecule has 0 saturated carbocycles. The standard InChI is InChI=1S/C12H25N3O/c1-5-15-7-6-11(9(2)8-15)14(4)12(16)10(3)13/h9-11H,5-8,13H2,1-4H3. The van der Waals surface area contributed by atoms with Crippen molar-refractivity contribution in [2.75, 3.05) is 26.7 Å². The third-order valence-corrected chi connectivity index (χ3v) is 3.63. The molecule has 0 bridgehead atoms. The maximum Gasteiger partial charge on any atom is 0.239 e. The Morgan fingerprint density at radius 1 is 1.62 bits per heavy atom. The molecule has 1 fully saturated rings. The molecule has 0 aromatic heterocycles. The molecule has 1 saturated heterocycles. The van der Waals surface area contributed by atoms with E-state index in [9.17, 15) is 4.79 Å². The minimum Gasteiger partial charge on any atom is -0.341 e. The molecule has 4 nitrogen and oxygen atoms in total. The van der Waals surface area contributed by atoms with Crippen molar-refractivity contribution in [2.45, 2.75) is 39.3 Å². The third kappa shape index (κ3) is 2.95. The summed E-state index contributed by atoms with van der Waals surface area (Å²) >= 11 is 0. The Morgan fingerprint density at radius 2 is 2.25 bits per heavy atom. The van der Waals surface area contributed by atoms with Crippen LogP contribution in [0.2, 0.25) is 0 Å². The van der Waals surface area contributed by atoms with Gasteiger partial charge in [-0.15, -0.1) is 0 Å². The number of nitrogens with two attached hydrogens (primary N) is 1. The summed E-state index contributed by atoms with van der Waals surface area (Å²) in [4.78, 5) is 16.1. The molecule has 0 spiro atoms. The van der Waals surface area contributed by atoms with Crippen LogP contribution in [0.1, 0.15) is 27.2 Å². The molecule has 2 N–H and O–H groups in total. The summed E-state index contributed by atoms with van der Waals surface area (Å²) in [6, 6.07) is -0.0392. The van der Waals surface area contributed by atoms with E-state index in [-0.39, 0.29) is 11.9 Å². The van der Waals surface area contributed by atoms with Crippen LogP contribution in [0, 0.1) is 5.92 Å². The molecule has 0 radical (unpaired) electrons. The number of nitrogens with zero attached hydrogens (tertiary/aromatic N) is 2. The van der Waals surface area contributed by atoms with Crippen LogP contribution in [0.4, 0.5) is 0 Å². The number of piperidine rings is 1. The van der Waals surface area contributed by atoms with Gasteiger partial charge < -0.3 is 15.5 Å². The van der Waals surface area contributed by atoms with Crippen molar-refractivity contribution in [3.05, 3.63) is 0 Å². The van der Waals surface area contributed by atoms with Gasteiger partial charge in [0.15, 0.2) is 0 Å². The molecule has 1 amide bonds. The van der Waals surface area contributed by atoms with Gasteiger partial charge in [-0.1, -0.05) is 13.8 Å². The molecule has 0 aromatic carbocycles. The fourth-order valence-corrected chi connectivity index (χ4v) is 2.57. The van der Waals surface area contributed by atoms with Gasteiger partial charge in [-0.2, -0.15) is 0 Å². The minimum atomic E-state index is -0.388. The Balaban J connectivity index is 2.58. The van der Waals surface area contributed by atoms with E-state index in [1.165, 1.54) is 0 Å². The molecule has 1 rings (SSSR count). The molecule has 16 heavy (non-hydrogen) atoms. The maximum atomic E-state index is 11.8. The summed E-state index contributed by atoms with van der Waals surface area (Å²) < 4.78 is 0. The maximum absolute atomic E-state index is 11.8. The van der Waals surface area contributed by atoms with Crippen LogP contribution in [0.3, 0.4) is 0 Å². The van der Waals surface area contributed by atoms with Crippen molar-refractivity contribution in [3.8, 4) is 0 Å². The fourth-order valence-electron chi connectivity index (χ4n) is 2.57. The number of carbonyl (C=O) groups is 1. The third-order valence-electron chi connectivity index (χ3n) is 3.63. The molecular weight excluding hydrogens is 202 g/mol. The van der Waals surface area contributed by atoms with Crippen LogP contribution in [0.25, 0.3) is 0 Å². The highest BCUT2D eigenvalue weighted by atomic mass is 16.2. The van der Waals surface area contributed by atoms with Crippen LogP contribution in [-0.2, 0) is 4.79 Å². The van der Waals surface area contributed by atoms with Gasteiger partial charge in [0.05, 0.1) is 6.04 Å². The van der Waals surface area contributed by atoms with Crippen molar-refractivity contribution in [3.63, 3.8) is 0 Å². The van der Waals surface area contributed by atoms with Crippen molar-refractivity contribution in [1.29, 1.82) is 0 Å². The van der Waals surface area contributed by atoms with Gasteiger partial charge >= 0.3 is 0 Å². The van der Waals surface area contributed by atoms with Crippen LogP contribution < -0.4 is 5.73 Å². The number of amides is 1. The molecule has 0 aliphatic carbocycles. The summed E-state index contributed by atoms with van der Waals surface area (Å²) in [6.07, 6.45) is 1.06. The topological polar surface area (TPSA) is 49.6 Å². The van der Waals surface area contributed by atoms with Gasteiger partial charge in [0, 0.05) is 26.2 Å². The van der Waals surface area contributed by atoms with E-state index in [1.54, 1.807) is 6.92 Å². The lowest BCUT2D eigenvalue weighted by Crippen LogP contribution is -2.53. The second kappa shape index (κ2) is 5.64. The second-order valence-electron chi connectivity index (χ2n) is 4.96. The Bertz CT molecular complexity index is 242. The Labute approximate surface area is 98.8 Å². The van der Waals surface area contributed by atoms with E-state index < -0.39 is 0 Å². The number of likely N-dealkylation sites (N-methyl/N-ethyl adjacent to an activating group) is 1. The molecule has 1 heterocycles. The zero-order valence-electron chi connectivity index (χ0n) is 10.9. The lowest BCUT2D eigenvalue weighted by atomic mass is 9.92. The van der Waals surface area contributed by atoms with E-state index in [0.29, 0.717) is 12.0 Å². The van der Waals surface area contributed by atoms with E-state index in [0.717, 1.165) is 26.1 Å². The van der Waals surface area contributed by atoms with Crippen molar-refractivity contribution in [2.24, 2.45) is 11.7 Å². The summed E-state index contributed by atoms with van der Waals surface area (Å²) in [5.41, 5.74) is 5.64. The average molecular weight is 227 g/mol. The number of likely N-dealkylation sites (tertiary alicyclic amines) is 1. The monoisotopic (exact) mass is 227 g/mol. The van der Waals surface area contributed by atoms with Gasteiger partial charge in [0.1, 0.15) is 0 Å². The first kappa shape index (κ1) is 13.5. The van der Waals surface area contributed by atoms with E-state index in [2.05, 4.69) is 18.7 Å². The van der Waals surface area contributed by atoms with Gasteiger partial charge in [-0.05, 0) is 25.8 Å². The highest BCUT2D eigenvalue weighted by Gasteiger charge is 2.31. The smallest absolute Gasteiger partial charge is 0.239 e. The Morgan fingerprint density at radius 3 is 2.69 bits per heavy atom. The highest BCUT2D eigenvalue weighted by Crippen LogP contribution is 2.21. The molecule has 0 aromatic rings. The lowest BCUT2D eigenvalue weighted by Gasteiger charge is -2.41. The number of rotatable bonds is 3. The second-order valence-corrected chi connectivity index (χ2v) is 4.96. The molecular formula is C12H25N3O. The van der Waals surface area contributed by atoms with E-state index in [4.69, 9.17) is 5.73 Å². The van der Waals surface area contributed by atoms with Crippen LogP contribution in [-0.4, -0.2) is 54.5 Å². The van der Waals surface area contributed by atoms with Gasteiger partial charge in [0.25, 0.3) is 0 Å². The van der Waals surface area contributed by atoms with Gasteiger partial charge in [-0.3, -0.25) is 4.79 Å². The first-order valence-electron chi connectivity index (χ1n) is 6.22. The molecule has 1 aliphatic heterocycles. The number of hydrogen-bond donors (Lipinski definition) is 1. The summed E-state index contributed by atoms with van der Waals surface area (Å²) in [7, 11) is 1.88. The highest BCUT2D eigenvalue weighted by molar-refractivity contribution is 5.81. The van der Waals surface area contributed by atoms with Crippen molar-refractivity contribution < 1.29 is 4.79 Å². The summed E-state index contributed by atoms with van der Waals surface area (Å²) in [5, 5.41) is 0. The first-order chi connectivity index (χ1) is 7.47. The molecule has 4 heteroatoms. The van der Waals surface area contributed by atoms with Crippen LogP contribution in [0.15, 0.2) is 0 Å². The first-order valence-corrected chi connectivity index (χ1v) is 6.22. The normalized spacial score (nSPS) is 28.8. The zero-order chi connectivity index (χ0) is 12.3. The molecule has 94 valence electrons. The number of carbonyl (C=O) groups excluding carboxylic acids is 1. The molecule has 3 atom stereocenters. The minimum absolute atomic E-state index is 0.0572. The molecule has 3 unspecified atom stereocenters. The van der Waals surface area contributed by atoms with Crippen LogP contribution >= 0.6 is 0 Å². The SMILES string of the molecule is CCN1CCC(N(C)C(=O)C(C)N)C(C)C1. The van der Waals surface area contributed by atoms with E-state index >= 15 is 0 Å². The lowest BCUT2D eigenvalue weighted by molar-refractivity contribution is -0.135. The summed E-state index contributed by atoms with van der Waals surface area (Å²) in [5.74, 6) is 0.586. The quantitative estimate of drug-likeness (QED) is 0.765. The zero-order valence-corrected chi connectivity index (χ0v) is 10.9. The van der Waals surface area contributed by atoms with Gasteiger partial charge in [-0.25, -0.2) is 0 Å². The number of hydrogen-bond acceptors (Lipinski definition) is 3. The van der Waals surface area contributed by atoms with Crippen LogP contribution in [0.5, 0.6) is 0 Å². The summed E-state index contributed by atoms with van der Waals surface area (Å²) in [6.45, 7) is 9.42. The Hall–Kier alpha value is -0.610. The predicted octanol–water partition coefficient (Wildman–Crippen LogP) is 0.522. The fraction of sp³-hybridized carbons (Fsp3) is 0.917. The Kier molecular flexibility index (Phi) is 4.74. The van der Waals surface area contributed by atoms with Crippen molar-refractivity contribution >= 4 is 5.91 Å². The molecule has 1 aliphatic rings.